The molecule has 1 aliphatic rings. The molecule has 3 nitrogen and oxygen atoms in total. The van der Waals surface area contributed by atoms with Crippen LogP contribution in [-0.4, -0.2) is 37.7 Å². The lowest BCUT2D eigenvalue weighted by Crippen LogP contribution is -2.45. The summed E-state index contributed by atoms with van der Waals surface area (Å²) in [5, 5.41) is 6.97. The Hall–Kier alpha value is -1.06. The van der Waals surface area contributed by atoms with E-state index in [4.69, 9.17) is 0 Å². The molecule has 2 rings (SSSR count). The number of nitrogens with one attached hydrogen (secondary N) is 2. The van der Waals surface area contributed by atoms with Gasteiger partial charge in [-0.1, -0.05) is 39.0 Å². The van der Waals surface area contributed by atoms with E-state index in [0.717, 1.165) is 32.8 Å². The quantitative estimate of drug-likeness (QED) is 0.858. The number of piperazine rings is 1. The van der Waals surface area contributed by atoms with Crippen LogP contribution in [0.25, 0.3) is 0 Å². The first-order valence-corrected chi connectivity index (χ1v) is 6.84. The van der Waals surface area contributed by atoms with Gasteiger partial charge in [0, 0.05) is 31.9 Å². The SMILES string of the molecule is CC(C)(C)c1ccccc1NCN1CCNCC1. The highest BCUT2D eigenvalue weighted by atomic mass is 15.3. The van der Waals surface area contributed by atoms with Crippen LogP contribution in [0.3, 0.4) is 0 Å². The minimum atomic E-state index is 0.188. The molecule has 0 bridgehead atoms. The molecule has 100 valence electrons. The van der Waals surface area contributed by atoms with Gasteiger partial charge in [0.15, 0.2) is 0 Å². The van der Waals surface area contributed by atoms with Gasteiger partial charge in [-0.15, -0.1) is 0 Å². The summed E-state index contributed by atoms with van der Waals surface area (Å²) >= 11 is 0. The lowest BCUT2D eigenvalue weighted by molar-refractivity contribution is 0.256. The third kappa shape index (κ3) is 3.47. The number of nitrogens with zero attached hydrogens (tertiary/aromatic N) is 1. The molecule has 0 amide bonds. The van der Waals surface area contributed by atoms with Crippen LogP contribution in [0.1, 0.15) is 26.3 Å². The number of rotatable bonds is 3. The van der Waals surface area contributed by atoms with Gasteiger partial charge in [-0.05, 0) is 17.0 Å². The second-order valence-electron chi connectivity index (χ2n) is 6.00. The van der Waals surface area contributed by atoms with E-state index in [1.165, 1.54) is 11.3 Å². The standard InChI is InChI=1S/C15H25N3/c1-15(2,3)13-6-4-5-7-14(13)17-12-18-10-8-16-9-11-18/h4-7,16-17H,8-12H2,1-3H3. The Kier molecular flexibility index (Phi) is 4.25. The summed E-state index contributed by atoms with van der Waals surface area (Å²) in [7, 11) is 0. The molecule has 0 radical (unpaired) electrons. The van der Waals surface area contributed by atoms with Crippen LogP contribution in [0.2, 0.25) is 0 Å². The molecule has 1 aliphatic heterocycles. The molecule has 1 fully saturated rings. The van der Waals surface area contributed by atoms with Crippen molar-refractivity contribution in [3.05, 3.63) is 29.8 Å². The molecule has 0 atom stereocenters. The van der Waals surface area contributed by atoms with Gasteiger partial charge in [0.05, 0.1) is 6.67 Å². The third-order valence-corrected chi connectivity index (χ3v) is 3.44. The summed E-state index contributed by atoms with van der Waals surface area (Å²) in [6, 6.07) is 8.63. The molecule has 0 saturated carbocycles. The molecule has 0 aromatic heterocycles. The van der Waals surface area contributed by atoms with Gasteiger partial charge in [-0.3, -0.25) is 4.90 Å². The highest BCUT2D eigenvalue weighted by Gasteiger charge is 2.17. The van der Waals surface area contributed by atoms with Crippen molar-refractivity contribution < 1.29 is 0 Å². The summed E-state index contributed by atoms with van der Waals surface area (Å²) in [5.74, 6) is 0. The summed E-state index contributed by atoms with van der Waals surface area (Å²) in [6.45, 7) is 12.2. The molecule has 0 unspecified atom stereocenters. The molecular formula is C15H25N3. The maximum atomic E-state index is 3.59. The highest BCUT2D eigenvalue weighted by Crippen LogP contribution is 2.29. The van der Waals surface area contributed by atoms with Crippen molar-refractivity contribution >= 4 is 5.69 Å². The Morgan fingerprint density at radius 2 is 1.83 bits per heavy atom. The van der Waals surface area contributed by atoms with E-state index in [2.05, 4.69) is 60.6 Å². The smallest absolute Gasteiger partial charge is 0.0679 e. The fraction of sp³-hybridized carbons (Fsp3) is 0.600. The zero-order valence-corrected chi connectivity index (χ0v) is 11.8. The summed E-state index contributed by atoms with van der Waals surface area (Å²) in [6.07, 6.45) is 0. The maximum Gasteiger partial charge on any atom is 0.0679 e. The maximum absolute atomic E-state index is 3.59. The molecule has 1 heterocycles. The fourth-order valence-electron chi connectivity index (χ4n) is 2.36. The van der Waals surface area contributed by atoms with E-state index < -0.39 is 0 Å². The van der Waals surface area contributed by atoms with E-state index >= 15 is 0 Å². The minimum Gasteiger partial charge on any atom is -0.372 e. The van der Waals surface area contributed by atoms with Crippen molar-refractivity contribution in [2.75, 3.05) is 38.2 Å². The number of hydrogen-bond donors (Lipinski definition) is 2. The number of anilines is 1. The second kappa shape index (κ2) is 5.72. The van der Waals surface area contributed by atoms with Crippen LogP contribution in [0.15, 0.2) is 24.3 Å². The fourth-order valence-corrected chi connectivity index (χ4v) is 2.36. The average molecular weight is 247 g/mol. The van der Waals surface area contributed by atoms with Gasteiger partial charge in [0.25, 0.3) is 0 Å². The van der Waals surface area contributed by atoms with Gasteiger partial charge in [0.1, 0.15) is 0 Å². The van der Waals surface area contributed by atoms with Gasteiger partial charge < -0.3 is 10.6 Å². The predicted octanol–water partition coefficient (Wildman–Crippen LogP) is 2.26. The van der Waals surface area contributed by atoms with Crippen molar-refractivity contribution in [3.63, 3.8) is 0 Å². The van der Waals surface area contributed by atoms with E-state index in [-0.39, 0.29) is 5.41 Å². The van der Waals surface area contributed by atoms with Gasteiger partial charge in [0.2, 0.25) is 0 Å². The molecular weight excluding hydrogens is 222 g/mol. The largest absolute Gasteiger partial charge is 0.372 e. The van der Waals surface area contributed by atoms with Crippen LogP contribution in [-0.2, 0) is 5.41 Å². The average Bonchev–Trinajstić information content (AvgIpc) is 2.37. The number of hydrogen-bond acceptors (Lipinski definition) is 3. The Balaban J connectivity index is 2.00. The number of benzene rings is 1. The molecule has 0 spiro atoms. The summed E-state index contributed by atoms with van der Waals surface area (Å²) < 4.78 is 0. The Bertz CT molecular complexity index is 376. The predicted molar refractivity (Wildman–Crippen MR) is 78.1 cm³/mol. The van der Waals surface area contributed by atoms with Gasteiger partial charge >= 0.3 is 0 Å². The van der Waals surface area contributed by atoms with Crippen LogP contribution in [0.5, 0.6) is 0 Å². The Labute approximate surface area is 111 Å². The minimum absolute atomic E-state index is 0.188. The van der Waals surface area contributed by atoms with Crippen LogP contribution in [0.4, 0.5) is 5.69 Å². The third-order valence-electron chi connectivity index (χ3n) is 3.44. The van der Waals surface area contributed by atoms with Crippen molar-refractivity contribution in [3.8, 4) is 0 Å². The van der Waals surface area contributed by atoms with E-state index in [1.807, 2.05) is 0 Å². The zero-order valence-electron chi connectivity index (χ0n) is 11.8. The molecule has 1 aromatic rings. The van der Waals surface area contributed by atoms with E-state index in [0.29, 0.717) is 0 Å². The second-order valence-corrected chi connectivity index (χ2v) is 6.00. The first-order valence-electron chi connectivity index (χ1n) is 6.84. The molecule has 1 saturated heterocycles. The lowest BCUT2D eigenvalue weighted by Gasteiger charge is -2.29. The van der Waals surface area contributed by atoms with Crippen molar-refractivity contribution in [2.24, 2.45) is 0 Å². The molecule has 1 aromatic carbocycles. The Morgan fingerprint density at radius 1 is 1.17 bits per heavy atom. The first-order chi connectivity index (χ1) is 8.57. The van der Waals surface area contributed by atoms with Crippen molar-refractivity contribution in [1.82, 2.24) is 10.2 Å². The summed E-state index contributed by atoms with van der Waals surface area (Å²) in [4.78, 5) is 2.45. The van der Waals surface area contributed by atoms with Crippen molar-refractivity contribution in [2.45, 2.75) is 26.2 Å². The van der Waals surface area contributed by atoms with Crippen molar-refractivity contribution in [1.29, 1.82) is 0 Å². The monoisotopic (exact) mass is 247 g/mol. The summed E-state index contributed by atoms with van der Waals surface area (Å²) in [5.41, 5.74) is 2.84. The van der Waals surface area contributed by atoms with Gasteiger partial charge in [-0.2, -0.15) is 0 Å². The van der Waals surface area contributed by atoms with Gasteiger partial charge in [-0.25, -0.2) is 0 Å². The first kappa shape index (κ1) is 13.4. The Morgan fingerprint density at radius 3 is 2.50 bits per heavy atom. The van der Waals surface area contributed by atoms with E-state index in [1.54, 1.807) is 0 Å². The number of para-hydroxylation sites is 1. The zero-order chi connectivity index (χ0) is 13.0. The van der Waals surface area contributed by atoms with Crippen LogP contribution >= 0.6 is 0 Å². The molecule has 18 heavy (non-hydrogen) atoms. The molecule has 2 N–H and O–H groups in total. The lowest BCUT2D eigenvalue weighted by atomic mass is 9.86. The normalized spacial score (nSPS) is 17.7. The molecule has 0 aliphatic carbocycles. The molecule has 3 heteroatoms. The highest BCUT2D eigenvalue weighted by molar-refractivity contribution is 5.53. The van der Waals surface area contributed by atoms with Crippen LogP contribution in [0, 0.1) is 0 Å². The topological polar surface area (TPSA) is 27.3 Å². The van der Waals surface area contributed by atoms with Crippen LogP contribution < -0.4 is 10.6 Å². The van der Waals surface area contributed by atoms with E-state index in [9.17, 15) is 0 Å².